The average molecular weight is 441 g/mol. The maximum Gasteiger partial charge on any atom is 0.267 e. The molecule has 10 heteroatoms. The summed E-state index contributed by atoms with van der Waals surface area (Å²) < 4.78 is 22.9. The molecule has 1 aliphatic carbocycles. The van der Waals surface area contributed by atoms with Crippen molar-refractivity contribution < 1.29 is 18.0 Å². The van der Waals surface area contributed by atoms with Crippen LogP contribution >= 0.6 is 11.8 Å². The Morgan fingerprint density at radius 3 is 2.43 bits per heavy atom. The molecule has 0 radical (unpaired) electrons. The smallest absolute Gasteiger partial charge is 0.267 e. The number of aliphatic imine (C=N–C) groups is 1. The van der Waals surface area contributed by atoms with Crippen LogP contribution in [-0.4, -0.2) is 36.3 Å². The van der Waals surface area contributed by atoms with Crippen LogP contribution in [-0.2, 0) is 19.6 Å². The quantitative estimate of drug-likeness (QED) is 0.710. The topological polar surface area (TPSA) is 122 Å². The number of amides is 2. The van der Waals surface area contributed by atoms with E-state index >= 15 is 0 Å². The Labute approximate surface area is 176 Å². The van der Waals surface area contributed by atoms with Crippen molar-refractivity contribution in [1.29, 1.82) is 0 Å². The Morgan fingerprint density at radius 1 is 1.07 bits per heavy atom. The van der Waals surface area contributed by atoms with E-state index in [1.165, 1.54) is 36.0 Å². The van der Waals surface area contributed by atoms with E-state index in [4.69, 9.17) is 5.14 Å². The van der Waals surface area contributed by atoms with Gasteiger partial charge in [-0.2, -0.15) is 0 Å². The second-order valence-electron chi connectivity index (χ2n) is 7.15. The van der Waals surface area contributed by atoms with E-state index in [1.807, 2.05) is 18.2 Å². The molecule has 0 spiro atoms. The SMILES string of the molecule is NS(=O)(=O)c1ccc(/N=C2\S/C(=C3\C(=O)Nc4ccccc43)C(=O)N2C2CC2)cc1. The minimum Gasteiger partial charge on any atom is -0.321 e. The van der Waals surface area contributed by atoms with Gasteiger partial charge in [-0.1, -0.05) is 18.2 Å². The second-order valence-corrected chi connectivity index (χ2v) is 9.68. The van der Waals surface area contributed by atoms with E-state index in [0.717, 1.165) is 12.8 Å². The number of para-hydroxylation sites is 1. The molecule has 3 N–H and O–H groups in total. The fraction of sp³-hybridized carbons (Fsp3) is 0.150. The summed E-state index contributed by atoms with van der Waals surface area (Å²) in [5.41, 5.74) is 2.24. The van der Waals surface area contributed by atoms with Gasteiger partial charge in [0.15, 0.2) is 5.17 Å². The molecule has 2 amide bonds. The molecular weight excluding hydrogens is 424 g/mol. The molecule has 1 saturated carbocycles. The Balaban J connectivity index is 1.57. The highest BCUT2D eigenvalue weighted by atomic mass is 32.2. The van der Waals surface area contributed by atoms with Crippen LogP contribution in [0.1, 0.15) is 18.4 Å². The highest BCUT2D eigenvalue weighted by Gasteiger charge is 2.46. The Morgan fingerprint density at radius 2 is 1.77 bits per heavy atom. The van der Waals surface area contributed by atoms with Gasteiger partial charge in [-0.3, -0.25) is 14.5 Å². The Bertz CT molecular complexity index is 1260. The summed E-state index contributed by atoms with van der Waals surface area (Å²) in [7, 11) is -3.79. The first kappa shape index (κ1) is 19.0. The van der Waals surface area contributed by atoms with Gasteiger partial charge in [0.25, 0.3) is 11.8 Å². The molecule has 30 heavy (non-hydrogen) atoms. The number of thioether (sulfide) groups is 1. The standard InChI is InChI=1S/C20H16N4O4S2/c21-30(27,28)13-9-5-11(6-10-13)22-20-24(12-7-8-12)19(26)17(29-20)16-14-3-1-2-4-15(14)23-18(16)25/h1-6,9-10,12H,7-8H2,(H,23,25)(H2,21,27,28)/b17-16-,22-20-. The number of hydrogen-bond acceptors (Lipinski definition) is 6. The lowest BCUT2D eigenvalue weighted by Gasteiger charge is -2.14. The molecule has 5 rings (SSSR count). The van der Waals surface area contributed by atoms with Crippen LogP contribution in [0.2, 0.25) is 0 Å². The number of nitrogens with zero attached hydrogens (tertiary/aromatic N) is 2. The van der Waals surface area contributed by atoms with Gasteiger partial charge in [0, 0.05) is 17.3 Å². The van der Waals surface area contributed by atoms with Gasteiger partial charge in [0.2, 0.25) is 10.0 Å². The van der Waals surface area contributed by atoms with Gasteiger partial charge >= 0.3 is 0 Å². The minimum atomic E-state index is -3.79. The van der Waals surface area contributed by atoms with Crippen molar-refractivity contribution in [3.8, 4) is 0 Å². The highest BCUT2D eigenvalue weighted by Crippen LogP contribution is 2.45. The zero-order valence-electron chi connectivity index (χ0n) is 15.5. The summed E-state index contributed by atoms with van der Waals surface area (Å²) >= 11 is 1.17. The van der Waals surface area contributed by atoms with Crippen molar-refractivity contribution >= 4 is 55.7 Å². The predicted octanol–water partition coefficient (Wildman–Crippen LogP) is 2.42. The predicted molar refractivity (Wildman–Crippen MR) is 114 cm³/mol. The maximum atomic E-state index is 13.2. The fourth-order valence-electron chi connectivity index (χ4n) is 3.43. The molecule has 2 aromatic rings. The summed E-state index contributed by atoms with van der Waals surface area (Å²) in [6, 6.07) is 13.1. The van der Waals surface area contributed by atoms with Crippen LogP contribution in [0.15, 0.2) is 63.3 Å². The first-order valence-corrected chi connectivity index (χ1v) is 11.6. The van der Waals surface area contributed by atoms with E-state index in [2.05, 4.69) is 10.3 Å². The monoisotopic (exact) mass is 440 g/mol. The minimum absolute atomic E-state index is 0.0114. The normalized spacial score (nSPS) is 22.6. The van der Waals surface area contributed by atoms with Gasteiger partial charge in [0.05, 0.1) is 21.1 Å². The Kier molecular flexibility index (Phi) is 4.31. The Hall–Kier alpha value is -2.95. The number of amidine groups is 1. The van der Waals surface area contributed by atoms with E-state index < -0.39 is 10.0 Å². The van der Waals surface area contributed by atoms with E-state index in [1.54, 1.807) is 11.0 Å². The number of hydrogen-bond donors (Lipinski definition) is 2. The number of carbonyl (C=O) groups excluding carboxylic acids is 2. The molecule has 152 valence electrons. The summed E-state index contributed by atoms with van der Waals surface area (Å²) in [5.74, 6) is -0.536. The number of primary sulfonamides is 1. The van der Waals surface area contributed by atoms with E-state index in [-0.39, 0.29) is 22.8 Å². The molecule has 2 heterocycles. The third-order valence-electron chi connectivity index (χ3n) is 5.01. The van der Waals surface area contributed by atoms with Gasteiger partial charge in [-0.05, 0) is 54.9 Å². The third-order valence-corrected chi connectivity index (χ3v) is 7.00. The molecule has 8 nitrogen and oxygen atoms in total. The van der Waals surface area contributed by atoms with Crippen molar-refractivity contribution in [2.75, 3.05) is 5.32 Å². The van der Waals surface area contributed by atoms with Crippen molar-refractivity contribution in [3.63, 3.8) is 0 Å². The molecule has 2 aromatic carbocycles. The molecule has 0 unspecified atom stereocenters. The first-order chi connectivity index (χ1) is 14.3. The lowest BCUT2D eigenvalue weighted by Crippen LogP contribution is -2.31. The lowest BCUT2D eigenvalue weighted by molar-refractivity contribution is -0.122. The van der Waals surface area contributed by atoms with Gasteiger partial charge in [-0.25, -0.2) is 18.5 Å². The zero-order valence-corrected chi connectivity index (χ0v) is 17.2. The zero-order chi connectivity index (χ0) is 21.0. The summed E-state index contributed by atoms with van der Waals surface area (Å²) in [5, 5.41) is 8.41. The first-order valence-electron chi connectivity index (χ1n) is 9.21. The number of anilines is 1. The van der Waals surface area contributed by atoms with E-state index in [0.29, 0.717) is 32.6 Å². The number of benzene rings is 2. The van der Waals surface area contributed by atoms with Crippen molar-refractivity contribution in [3.05, 3.63) is 59.0 Å². The average Bonchev–Trinajstić information content (AvgIpc) is 3.41. The number of sulfonamides is 1. The lowest BCUT2D eigenvalue weighted by atomic mass is 10.1. The molecule has 2 aliphatic heterocycles. The van der Waals surface area contributed by atoms with Crippen molar-refractivity contribution in [2.24, 2.45) is 10.1 Å². The van der Waals surface area contributed by atoms with Crippen LogP contribution in [0, 0.1) is 0 Å². The highest BCUT2D eigenvalue weighted by molar-refractivity contribution is 8.18. The fourth-order valence-corrected chi connectivity index (χ4v) is 5.10. The van der Waals surface area contributed by atoms with Crippen LogP contribution in [0.4, 0.5) is 11.4 Å². The van der Waals surface area contributed by atoms with Crippen LogP contribution in [0.5, 0.6) is 0 Å². The molecule has 0 atom stereocenters. The maximum absolute atomic E-state index is 13.2. The van der Waals surface area contributed by atoms with Crippen LogP contribution < -0.4 is 10.5 Å². The van der Waals surface area contributed by atoms with E-state index in [9.17, 15) is 18.0 Å². The molecule has 3 aliphatic rings. The number of carbonyl (C=O) groups is 2. The molecule has 0 aromatic heterocycles. The second kappa shape index (κ2) is 6.79. The van der Waals surface area contributed by atoms with Gasteiger partial charge < -0.3 is 5.32 Å². The summed E-state index contributed by atoms with van der Waals surface area (Å²) in [6.07, 6.45) is 1.75. The number of rotatable bonds is 3. The van der Waals surface area contributed by atoms with Crippen LogP contribution in [0.25, 0.3) is 5.57 Å². The molecule has 2 fully saturated rings. The number of fused-ring (bicyclic) bond motifs is 1. The molecular formula is C20H16N4O4S2. The van der Waals surface area contributed by atoms with Crippen molar-refractivity contribution in [2.45, 2.75) is 23.8 Å². The number of nitrogens with one attached hydrogen (secondary N) is 1. The van der Waals surface area contributed by atoms with Gasteiger partial charge in [-0.15, -0.1) is 0 Å². The molecule has 0 bridgehead atoms. The summed E-state index contributed by atoms with van der Waals surface area (Å²) in [6.45, 7) is 0. The van der Waals surface area contributed by atoms with Gasteiger partial charge in [0.1, 0.15) is 0 Å². The third kappa shape index (κ3) is 3.22. The van der Waals surface area contributed by atoms with Crippen molar-refractivity contribution in [1.82, 2.24) is 4.90 Å². The van der Waals surface area contributed by atoms with Crippen LogP contribution in [0.3, 0.4) is 0 Å². The molecule has 1 saturated heterocycles. The summed E-state index contributed by atoms with van der Waals surface area (Å²) in [4.78, 5) is 32.3. The number of nitrogens with two attached hydrogens (primary N) is 1. The largest absolute Gasteiger partial charge is 0.321 e.